The summed E-state index contributed by atoms with van der Waals surface area (Å²) < 4.78 is 5.12. The molecule has 3 rings (SSSR count). The van der Waals surface area contributed by atoms with E-state index in [0.29, 0.717) is 16.5 Å². The van der Waals surface area contributed by atoms with Gasteiger partial charge in [-0.05, 0) is 48.9 Å². The third-order valence-corrected chi connectivity index (χ3v) is 3.72. The number of hydrogen-bond acceptors (Lipinski definition) is 4. The van der Waals surface area contributed by atoms with Gasteiger partial charge in [0.25, 0.3) is 5.91 Å². The zero-order chi connectivity index (χ0) is 16.2. The Morgan fingerprint density at radius 3 is 2.43 bits per heavy atom. The molecule has 0 bridgehead atoms. The maximum atomic E-state index is 12.3. The molecular formula is C17H14ClN3O2. The normalized spacial score (nSPS) is 11.9. The van der Waals surface area contributed by atoms with Crippen molar-refractivity contribution < 1.29 is 9.21 Å². The van der Waals surface area contributed by atoms with E-state index in [1.165, 1.54) is 6.39 Å². The fraction of sp³-hybridized carbons (Fsp3) is 0.118. The Labute approximate surface area is 138 Å². The molecule has 0 radical (unpaired) electrons. The SMILES string of the molecule is C[C@@H](NC(=O)c1ccc(-c2nnco2)cc1)c1ccc(Cl)cc1. The molecule has 0 aliphatic heterocycles. The van der Waals surface area contributed by atoms with Crippen LogP contribution in [0, 0.1) is 0 Å². The molecule has 1 N–H and O–H groups in total. The number of carbonyl (C=O) groups is 1. The second kappa shape index (κ2) is 6.62. The lowest BCUT2D eigenvalue weighted by Gasteiger charge is -2.14. The summed E-state index contributed by atoms with van der Waals surface area (Å²) >= 11 is 5.87. The Bertz CT molecular complexity index is 784. The van der Waals surface area contributed by atoms with Gasteiger partial charge in [-0.2, -0.15) is 0 Å². The predicted molar refractivity (Wildman–Crippen MR) is 87.1 cm³/mol. The number of nitrogens with one attached hydrogen (secondary N) is 1. The summed E-state index contributed by atoms with van der Waals surface area (Å²) in [4.78, 5) is 12.3. The van der Waals surface area contributed by atoms with Crippen LogP contribution >= 0.6 is 11.6 Å². The largest absolute Gasteiger partial charge is 0.423 e. The molecule has 0 saturated heterocycles. The number of benzene rings is 2. The molecule has 6 heteroatoms. The van der Waals surface area contributed by atoms with Gasteiger partial charge in [0, 0.05) is 16.1 Å². The van der Waals surface area contributed by atoms with Crippen molar-refractivity contribution in [1.29, 1.82) is 0 Å². The van der Waals surface area contributed by atoms with Gasteiger partial charge in [-0.1, -0.05) is 23.7 Å². The topological polar surface area (TPSA) is 68.0 Å². The lowest BCUT2D eigenvalue weighted by molar-refractivity contribution is 0.0940. The summed E-state index contributed by atoms with van der Waals surface area (Å²) in [6.45, 7) is 1.92. The molecule has 1 atom stereocenters. The van der Waals surface area contributed by atoms with E-state index in [1.54, 1.807) is 36.4 Å². The zero-order valence-corrected chi connectivity index (χ0v) is 13.1. The molecule has 0 spiro atoms. The van der Waals surface area contributed by atoms with Gasteiger partial charge < -0.3 is 9.73 Å². The summed E-state index contributed by atoms with van der Waals surface area (Å²) in [5, 5.41) is 11.1. The summed E-state index contributed by atoms with van der Waals surface area (Å²) in [6, 6.07) is 14.3. The molecule has 3 aromatic rings. The molecule has 0 fully saturated rings. The first-order chi connectivity index (χ1) is 11.1. The van der Waals surface area contributed by atoms with E-state index in [0.717, 1.165) is 11.1 Å². The maximum absolute atomic E-state index is 12.3. The molecule has 1 heterocycles. The highest BCUT2D eigenvalue weighted by Gasteiger charge is 2.12. The Morgan fingerprint density at radius 2 is 1.83 bits per heavy atom. The Morgan fingerprint density at radius 1 is 1.13 bits per heavy atom. The second-order valence-electron chi connectivity index (χ2n) is 5.07. The molecule has 0 saturated carbocycles. The van der Waals surface area contributed by atoms with Crippen LogP contribution in [0.15, 0.2) is 59.3 Å². The van der Waals surface area contributed by atoms with E-state index in [1.807, 2.05) is 19.1 Å². The number of carbonyl (C=O) groups excluding carboxylic acids is 1. The first-order valence-electron chi connectivity index (χ1n) is 7.06. The number of nitrogens with zero attached hydrogens (tertiary/aromatic N) is 2. The van der Waals surface area contributed by atoms with Crippen LogP contribution < -0.4 is 5.32 Å². The van der Waals surface area contributed by atoms with E-state index >= 15 is 0 Å². The first kappa shape index (κ1) is 15.2. The molecule has 0 aliphatic carbocycles. The van der Waals surface area contributed by atoms with Crippen molar-refractivity contribution in [3.63, 3.8) is 0 Å². The van der Waals surface area contributed by atoms with E-state index in [9.17, 15) is 4.79 Å². The smallest absolute Gasteiger partial charge is 0.251 e. The monoisotopic (exact) mass is 327 g/mol. The van der Waals surface area contributed by atoms with Gasteiger partial charge in [0.05, 0.1) is 6.04 Å². The maximum Gasteiger partial charge on any atom is 0.251 e. The van der Waals surface area contributed by atoms with Gasteiger partial charge in [-0.15, -0.1) is 10.2 Å². The van der Waals surface area contributed by atoms with Crippen molar-refractivity contribution in [1.82, 2.24) is 15.5 Å². The lowest BCUT2D eigenvalue weighted by atomic mass is 10.1. The first-order valence-corrected chi connectivity index (χ1v) is 7.44. The van der Waals surface area contributed by atoms with Gasteiger partial charge in [-0.25, -0.2) is 0 Å². The van der Waals surface area contributed by atoms with E-state index in [4.69, 9.17) is 16.0 Å². The van der Waals surface area contributed by atoms with Crippen LogP contribution in [0.4, 0.5) is 0 Å². The van der Waals surface area contributed by atoms with Gasteiger partial charge in [0.2, 0.25) is 12.3 Å². The average Bonchev–Trinajstić information content (AvgIpc) is 3.10. The highest BCUT2D eigenvalue weighted by molar-refractivity contribution is 6.30. The molecule has 116 valence electrons. The summed E-state index contributed by atoms with van der Waals surface area (Å²) in [5.41, 5.74) is 2.32. The van der Waals surface area contributed by atoms with Crippen molar-refractivity contribution in [2.24, 2.45) is 0 Å². The average molecular weight is 328 g/mol. The molecule has 0 unspecified atom stereocenters. The van der Waals surface area contributed by atoms with Crippen molar-refractivity contribution in [3.05, 3.63) is 71.1 Å². The number of hydrogen-bond donors (Lipinski definition) is 1. The van der Waals surface area contributed by atoms with Crippen LogP contribution in [0.2, 0.25) is 5.02 Å². The van der Waals surface area contributed by atoms with Gasteiger partial charge in [-0.3, -0.25) is 4.79 Å². The van der Waals surface area contributed by atoms with Crippen LogP contribution in [0.3, 0.4) is 0 Å². The fourth-order valence-corrected chi connectivity index (χ4v) is 2.30. The number of amides is 1. The second-order valence-corrected chi connectivity index (χ2v) is 5.50. The zero-order valence-electron chi connectivity index (χ0n) is 12.4. The fourth-order valence-electron chi connectivity index (χ4n) is 2.18. The van der Waals surface area contributed by atoms with Crippen molar-refractivity contribution >= 4 is 17.5 Å². The minimum Gasteiger partial charge on any atom is -0.423 e. The molecule has 23 heavy (non-hydrogen) atoms. The highest BCUT2D eigenvalue weighted by Crippen LogP contribution is 2.19. The van der Waals surface area contributed by atoms with Crippen molar-refractivity contribution in [2.75, 3.05) is 0 Å². The van der Waals surface area contributed by atoms with Crippen LogP contribution in [-0.2, 0) is 0 Å². The Balaban J connectivity index is 1.69. The van der Waals surface area contributed by atoms with Crippen LogP contribution in [0.5, 0.6) is 0 Å². The minimum atomic E-state index is -0.149. The van der Waals surface area contributed by atoms with Crippen molar-refractivity contribution in [3.8, 4) is 11.5 Å². The lowest BCUT2D eigenvalue weighted by Crippen LogP contribution is -2.26. The quantitative estimate of drug-likeness (QED) is 0.789. The number of aromatic nitrogens is 2. The molecule has 1 amide bonds. The third kappa shape index (κ3) is 3.57. The Kier molecular flexibility index (Phi) is 4.39. The van der Waals surface area contributed by atoms with E-state index < -0.39 is 0 Å². The summed E-state index contributed by atoms with van der Waals surface area (Å²) in [7, 11) is 0. The van der Waals surface area contributed by atoms with Crippen LogP contribution in [0.1, 0.15) is 28.9 Å². The minimum absolute atomic E-state index is 0.115. The molecular weight excluding hydrogens is 314 g/mol. The summed E-state index contributed by atoms with van der Waals surface area (Å²) in [5.74, 6) is 0.274. The molecule has 5 nitrogen and oxygen atoms in total. The number of rotatable bonds is 4. The van der Waals surface area contributed by atoms with Crippen LogP contribution in [0.25, 0.3) is 11.5 Å². The number of halogens is 1. The van der Waals surface area contributed by atoms with Crippen LogP contribution in [-0.4, -0.2) is 16.1 Å². The van der Waals surface area contributed by atoms with E-state index in [2.05, 4.69) is 15.5 Å². The molecule has 0 aliphatic rings. The third-order valence-electron chi connectivity index (χ3n) is 3.47. The predicted octanol–water partition coefficient (Wildman–Crippen LogP) is 3.88. The Hall–Kier alpha value is -2.66. The standard InChI is InChI=1S/C17H14ClN3O2/c1-11(12-6-8-15(18)9-7-12)20-16(22)13-2-4-14(5-3-13)17-21-19-10-23-17/h2-11H,1H3,(H,20,22)/t11-/m1/s1. The summed E-state index contributed by atoms with van der Waals surface area (Å²) in [6.07, 6.45) is 1.27. The van der Waals surface area contributed by atoms with E-state index in [-0.39, 0.29) is 11.9 Å². The van der Waals surface area contributed by atoms with Gasteiger partial charge in [0.1, 0.15) is 0 Å². The van der Waals surface area contributed by atoms with Crippen molar-refractivity contribution in [2.45, 2.75) is 13.0 Å². The highest BCUT2D eigenvalue weighted by atomic mass is 35.5. The molecule has 2 aromatic carbocycles. The molecule has 1 aromatic heterocycles. The van der Waals surface area contributed by atoms with Gasteiger partial charge >= 0.3 is 0 Å². The van der Waals surface area contributed by atoms with Gasteiger partial charge in [0.15, 0.2) is 0 Å².